The van der Waals surface area contributed by atoms with Crippen LogP contribution in [0.4, 0.5) is 5.69 Å². The quantitative estimate of drug-likeness (QED) is 0.379. The van der Waals surface area contributed by atoms with Crippen molar-refractivity contribution in [3.63, 3.8) is 0 Å². The lowest BCUT2D eigenvalue weighted by molar-refractivity contribution is -0.384. The van der Waals surface area contributed by atoms with Gasteiger partial charge in [-0.1, -0.05) is 23.7 Å². The molecule has 0 spiro atoms. The van der Waals surface area contributed by atoms with E-state index < -0.39 is 4.92 Å². The number of carbonyl (C=O) groups is 1. The summed E-state index contributed by atoms with van der Waals surface area (Å²) < 4.78 is 2.25. The number of thiazole rings is 1. The van der Waals surface area contributed by atoms with Crippen molar-refractivity contribution < 1.29 is 9.72 Å². The van der Waals surface area contributed by atoms with Gasteiger partial charge in [-0.25, -0.2) is 0 Å². The molecule has 0 aliphatic rings. The molecule has 0 atom stereocenters. The molecular weight excluding hydrogens is 396 g/mol. The van der Waals surface area contributed by atoms with E-state index in [1.54, 1.807) is 36.7 Å². The Labute approximate surface area is 160 Å². The average molecular weight is 407 g/mol. The molecule has 0 fully saturated rings. The molecule has 3 aromatic rings. The lowest BCUT2D eigenvalue weighted by Gasteiger charge is -1.96. The molecule has 0 saturated heterocycles. The lowest BCUT2D eigenvalue weighted by Crippen LogP contribution is -2.29. The average Bonchev–Trinajstić information content (AvgIpc) is 3.22. The van der Waals surface area contributed by atoms with E-state index in [1.165, 1.54) is 34.1 Å². The van der Waals surface area contributed by atoms with Crippen LogP contribution in [0.25, 0.3) is 12.2 Å². The van der Waals surface area contributed by atoms with Crippen LogP contribution in [0.5, 0.6) is 0 Å². The monoisotopic (exact) mass is 406 g/mol. The van der Waals surface area contributed by atoms with E-state index in [2.05, 4.69) is 0 Å². The van der Waals surface area contributed by atoms with Crippen LogP contribution in [0.15, 0.2) is 40.5 Å². The standard InChI is InChI=1S/C17H11ClN2O4S2/c1-19-16(9-13(21)14-3-2-6-25-14)26-15(17(19)22)8-10-4-5-11(18)12(7-10)20(23)24/h2-9H,1H3/b15-8+,16-9-. The van der Waals surface area contributed by atoms with Crippen molar-refractivity contribution in [1.29, 1.82) is 0 Å². The van der Waals surface area contributed by atoms with Crippen molar-refractivity contribution in [2.75, 3.05) is 0 Å². The Hall–Kier alpha value is -2.55. The Balaban J connectivity index is 2.09. The first-order chi connectivity index (χ1) is 12.4. The molecule has 0 N–H and O–H groups in total. The van der Waals surface area contributed by atoms with Gasteiger partial charge in [-0.2, -0.15) is 0 Å². The van der Waals surface area contributed by atoms with Gasteiger partial charge in [0.2, 0.25) is 0 Å². The number of nitro benzene ring substituents is 1. The van der Waals surface area contributed by atoms with Gasteiger partial charge in [0.05, 0.1) is 14.3 Å². The van der Waals surface area contributed by atoms with Crippen LogP contribution in [-0.4, -0.2) is 15.3 Å². The third kappa shape index (κ3) is 3.67. The van der Waals surface area contributed by atoms with Crippen LogP contribution in [-0.2, 0) is 7.05 Å². The number of benzene rings is 1. The second-order valence-corrected chi connectivity index (χ2v) is 7.68. The van der Waals surface area contributed by atoms with E-state index in [9.17, 15) is 19.7 Å². The molecule has 2 aromatic heterocycles. The van der Waals surface area contributed by atoms with Crippen LogP contribution in [0, 0.1) is 10.1 Å². The zero-order valence-electron chi connectivity index (χ0n) is 13.3. The van der Waals surface area contributed by atoms with Crippen LogP contribution in [0.3, 0.4) is 0 Å². The highest BCUT2D eigenvalue weighted by Gasteiger charge is 2.12. The summed E-state index contributed by atoms with van der Waals surface area (Å²) in [5.41, 5.74) is -0.0255. The molecule has 0 aliphatic carbocycles. The number of halogens is 1. The van der Waals surface area contributed by atoms with Crippen molar-refractivity contribution in [3.8, 4) is 0 Å². The van der Waals surface area contributed by atoms with E-state index in [-0.39, 0.29) is 22.1 Å². The van der Waals surface area contributed by atoms with Crippen molar-refractivity contribution in [2.24, 2.45) is 7.05 Å². The fourth-order valence-electron chi connectivity index (χ4n) is 2.22. The van der Waals surface area contributed by atoms with Gasteiger partial charge < -0.3 is 4.57 Å². The van der Waals surface area contributed by atoms with Crippen molar-refractivity contribution in [3.05, 3.63) is 80.8 Å². The Morgan fingerprint density at radius 1 is 1.35 bits per heavy atom. The number of hydrogen-bond acceptors (Lipinski definition) is 6. The predicted octanol–water partition coefficient (Wildman–Crippen LogP) is 2.56. The van der Waals surface area contributed by atoms with Crippen LogP contribution in [0.2, 0.25) is 5.02 Å². The van der Waals surface area contributed by atoms with Gasteiger partial charge in [-0.3, -0.25) is 19.7 Å². The Bertz CT molecular complexity index is 1180. The third-order valence-electron chi connectivity index (χ3n) is 3.54. The number of rotatable bonds is 4. The first-order valence-corrected chi connectivity index (χ1v) is 9.35. The van der Waals surface area contributed by atoms with Gasteiger partial charge in [0.1, 0.15) is 9.69 Å². The molecule has 3 rings (SSSR count). The summed E-state index contributed by atoms with van der Waals surface area (Å²) in [6.45, 7) is 0. The molecule has 132 valence electrons. The molecule has 0 radical (unpaired) electrons. The first-order valence-electron chi connectivity index (χ1n) is 7.28. The summed E-state index contributed by atoms with van der Waals surface area (Å²) in [4.78, 5) is 35.6. The number of nitrogens with zero attached hydrogens (tertiary/aromatic N) is 2. The number of ketones is 1. The zero-order valence-corrected chi connectivity index (χ0v) is 15.7. The Morgan fingerprint density at radius 3 is 2.77 bits per heavy atom. The molecular formula is C17H11ClN2O4S2. The van der Waals surface area contributed by atoms with Crippen LogP contribution in [0.1, 0.15) is 15.2 Å². The fourth-order valence-corrected chi connectivity index (χ4v) is 4.07. The molecule has 6 nitrogen and oxygen atoms in total. The van der Waals surface area contributed by atoms with Gasteiger partial charge in [0.15, 0.2) is 5.78 Å². The molecule has 0 bridgehead atoms. The van der Waals surface area contributed by atoms with Gasteiger partial charge in [0.25, 0.3) is 11.2 Å². The minimum absolute atomic E-state index is 0.0294. The van der Waals surface area contributed by atoms with E-state index in [0.717, 1.165) is 11.3 Å². The van der Waals surface area contributed by atoms with Gasteiger partial charge >= 0.3 is 0 Å². The van der Waals surface area contributed by atoms with Gasteiger partial charge in [0, 0.05) is 19.2 Å². The zero-order chi connectivity index (χ0) is 18.8. The summed E-state index contributed by atoms with van der Waals surface area (Å²) in [7, 11) is 1.58. The SMILES string of the molecule is Cn1c(=O)/c(=C\c2ccc(Cl)c([N+](=O)[O-])c2)s/c1=C\C(=O)c1cccs1. The van der Waals surface area contributed by atoms with Gasteiger partial charge in [-0.15, -0.1) is 22.7 Å². The summed E-state index contributed by atoms with van der Waals surface area (Å²) in [6.07, 6.45) is 2.96. The number of Topliss-reactive ketones (excluding diaryl/α,β-unsaturated/α-hetero) is 1. The summed E-state index contributed by atoms with van der Waals surface area (Å²) >= 11 is 8.27. The van der Waals surface area contributed by atoms with Gasteiger partial charge in [-0.05, 0) is 29.2 Å². The maximum Gasteiger partial charge on any atom is 0.288 e. The maximum absolute atomic E-state index is 12.4. The molecule has 26 heavy (non-hydrogen) atoms. The number of hydrogen-bond donors (Lipinski definition) is 0. The van der Waals surface area contributed by atoms with Crippen LogP contribution < -0.4 is 14.8 Å². The Kier molecular flexibility index (Phi) is 5.17. The number of nitro groups is 1. The van der Waals surface area contributed by atoms with Crippen molar-refractivity contribution in [2.45, 2.75) is 0 Å². The molecule has 2 heterocycles. The maximum atomic E-state index is 12.4. The van der Waals surface area contributed by atoms with E-state index in [4.69, 9.17) is 11.6 Å². The lowest BCUT2D eigenvalue weighted by atomic mass is 10.2. The third-order valence-corrected chi connectivity index (χ3v) is 5.86. The predicted molar refractivity (Wildman–Crippen MR) is 104 cm³/mol. The highest BCUT2D eigenvalue weighted by Crippen LogP contribution is 2.25. The summed E-state index contributed by atoms with van der Waals surface area (Å²) in [6, 6.07) is 7.81. The molecule has 0 unspecified atom stereocenters. The number of thiophene rings is 1. The number of aromatic nitrogens is 1. The molecule has 0 saturated carbocycles. The molecule has 1 aromatic carbocycles. The number of carbonyl (C=O) groups excluding carboxylic acids is 1. The summed E-state index contributed by atoms with van der Waals surface area (Å²) in [5, 5.41) is 12.8. The first kappa shape index (κ1) is 18.2. The largest absolute Gasteiger partial charge is 0.302 e. The Morgan fingerprint density at radius 2 is 2.12 bits per heavy atom. The van der Waals surface area contributed by atoms with Crippen molar-refractivity contribution >= 4 is 57.9 Å². The minimum atomic E-state index is -0.578. The van der Waals surface area contributed by atoms with Crippen molar-refractivity contribution in [1.82, 2.24) is 4.57 Å². The topological polar surface area (TPSA) is 82.2 Å². The molecule has 0 amide bonds. The smallest absolute Gasteiger partial charge is 0.288 e. The van der Waals surface area contributed by atoms with E-state index in [1.807, 2.05) is 0 Å². The summed E-state index contributed by atoms with van der Waals surface area (Å²) in [5.74, 6) is -0.175. The second-order valence-electron chi connectivity index (χ2n) is 5.27. The van der Waals surface area contributed by atoms with E-state index >= 15 is 0 Å². The highest BCUT2D eigenvalue weighted by molar-refractivity contribution is 7.12. The molecule has 9 heteroatoms. The highest BCUT2D eigenvalue weighted by atomic mass is 35.5. The fraction of sp³-hybridized carbons (Fsp3) is 0.0588. The van der Waals surface area contributed by atoms with Crippen LogP contribution >= 0.6 is 34.3 Å². The normalized spacial score (nSPS) is 12.5. The molecule has 0 aliphatic heterocycles. The second kappa shape index (κ2) is 7.36. The minimum Gasteiger partial charge on any atom is -0.302 e. The van der Waals surface area contributed by atoms with E-state index in [0.29, 0.717) is 19.6 Å².